The maximum Gasteiger partial charge on any atom is 0.0816 e. The van der Waals surface area contributed by atoms with Gasteiger partial charge in [-0.05, 0) is 33.2 Å². The van der Waals surface area contributed by atoms with Crippen LogP contribution >= 0.6 is 0 Å². The molecular formula is C10H22N2O. The summed E-state index contributed by atoms with van der Waals surface area (Å²) in [4.78, 5) is 0. The molecular weight excluding hydrogens is 164 g/mol. The van der Waals surface area contributed by atoms with E-state index < -0.39 is 0 Å². The Morgan fingerprint density at radius 1 is 1.62 bits per heavy atom. The molecule has 1 saturated heterocycles. The van der Waals surface area contributed by atoms with E-state index in [1.165, 1.54) is 12.8 Å². The van der Waals surface area contributed by atoms with Crippen molar-refractivity contribution in [2.45, 2.75) is 32.3 Å². The number of piperidine rings is 1. The summed E-state index contributed by atoms with van der Waals surface area (Å²) in [5.74, 6) is 0.575. The van der Waals surface area contributed by atoms with Crippen molar-refractivity contribution >= 4 is 0 Å². The summed E-state index contributed by atoms with van der Waals surface area (Å²) in [6, 6.07) is 0. The highest BCUT2D eigenvalue weighted by Crippen LogP contribution is 2.26. The van der Waals surface area contributed by atoms with Gasteiger partial charge in [-0.3, -0.25) is 0 Å². The van der Waals surface area contributed by atoms with Crippen LogP contribution in [0.3, 0.4) is 0 Å². The number of hydrogen-bond donors (Lipinski definition) is 2. The van der Waals surface area contributed by atoms with E-state index in [-0.39, 0.29) is 5.60 Å². The fraction of sp³-hybridized carbons (Fsp3) is 1.00. The zero-order valence-corrected chi connectivity index (χ0v) is 8.81. The second kappa shape index (κ2) is 4.94. The molecule has 3 heteroatoms. The average molecular weight is 186 g/mol. The van der Waals surface area contributed by atoms with Crippen LogP contribution < -0.4 is 11.1 Å². The molecule has 78 valence electrons. The molecule has 1 fully saturated rings. The van der Waals surface area contributed by atoms with Gasteiger partial charge < -0.3 is 15.8 Å². The van der Waals surface area contributed by atoms with E-state index in [0.717, 1.165) is 19.7 Å². The third kappa shape index (κ3) is 2.66. The summed E-state index contributed by atoms with van der Waals surface area (Å²) < 4.78 is 5.75. The van der Waals surface area contributed by atoms with E-state index in [2.05, 4.69) is 12.2 Å². The topological polar surface area (TPSA) is 47.3 Å². The fourth-order valence-corrected chi connectivity index (χ4v) is 2.05. The van der Waals surface area contributed by atoms with Gasteiger partial charge in [-0.25, -0.2) is 0 Å². The van der Waals surface area contributed by atoms with E-state index in [9.17, 15) is 0 Å². The molecule has 0 radical (unpaired) electrons. The lowest BCUT2D eigenvalue weighted by Crippen LogP contribution is -2.50. The van der Waals surface area contributed by atoms with Crippen molar-refractivity contribution < 1.29 is 4.74 Å². The molecule has 2 unspecified atom stereocenters. The van der Waals surface area contributed by atoms with Crippen LogP contribution in [0.15, 0.2) is 0 Å². The Bertz CT molecular complexity index is 146. The SMILES string of the molecule is CCOC(C)(CN)C1CCCNC1. The first-order valence-corrected chi connectivity index (χ1v) is 5.27. The number of ether oxygens (including phenoxy) is 1. The molecule has 0 aromatic carbocycles. The molecule has 0 spiro atoms. The monoisotopic (exact) mass is 186 g/mol. The minimum Gasteiger partial charge on any atom is -0.374 e. The molecule has 1 rings (SSSR count). The van der Waals surface area contributed by atoms with Gasteiger partial charge in [-0.15, -0.1) is 0 Å². The van der Waals surface area contributed by atoms with Crippen LogP contribution in [0.5, 0.6) is 0 Å². The Kier molecular flexibility index (Phi) is 4.16. The molecule has 1 aliphatic heterocycles. The van der Waals surface area contributed by atoms with Crippen molar-refractivity contribution in [3.63, 3.8) is 0 Å². The van der Waals surface area contributed by atoms with Crippen LogP contribution in [-0.4, -0.2) is 31.8 Å². The molecule has 0 bridgehead atoms. The highest BCUT2D eigenvalue weighted by atomic mass is 16.5. The minimum atomic E-state index is -0.123. The maximum atomic E-state index is 5.77. The summed E-state index contributed by atoms with van der Waals surface area (Å²) in [6.45, 7) is 7.73. The summed E-state index contributed by atoms with van der Waals surface area (Å²) in [7, 11) is 0. The lowest BCUT2D eigenvalue weighted by atomic mass is 9.83. The van der Waals surface area contributed by atoms with Gasteiger partial charge in [0.15, 0.2) is 0 Å². The smallest absolute Gasteiger partial charge is 0.0816 e. The molecule has 3 nitrogen and oxygen atoms in total. The van der Waals surface area contributed by atoms with Crippen molar-refractivity contribution in [3.05, 3.63) is 0 Å². The number of nitrogens with two attached hydrogens (primary N) is 1. The summed E-state index contributed by atoms with van der Waals surface area (Å²) in [5, 5.41) is 3.40. The van der Waals surface area contributed by atoms with Crippen molar-refractivity contribution in [2.24, 2.45) is 11.7 Å². The normalized spacial score (nSPS) is 28.4. The molecule has 0 aliphatic carbocycles. The summed E-state index contributed by atoms with van der Waals surface area (Å²) in [5.41, 5.74) is 5.65. The Labute approximate surface area is 81.0 Å². The molecule has 3 N–H and O–H groups in total. The molecule has 1 aliphatic rings. The second-order valence-corrected chi connectivity index (χ2v) is 3.99. The number of hydrogen-bond acceptors (Lipinski definition) is 3. The Hall–Kier alpha value is -0.120. The molecule has 0 aromatic heterocycles. The molecule has 2 atom stereocenters. The van der Waals surface area contributed by atoms with Crippen LogP contribution in [0.1, 0.15) is 26.7 Å². The van der Waals surface area contributed by atoms with Gasteiger partial charge >= 0.3 is 0 Å². The van der Waals surface area contributed by atoms with Gasteiger partial charge in [0, 0.05) is 25.6 Å². The summed E-state index contributed by atoms with van der Waals surface area (Å²) in [6.07, 6.45) is 2.48. The first-order chi connectivity index (χ1) is 6.23. The van der Waals surface area contributed by atoms with Gasteiger partial charge in [0.05, 0.1) is 5.60 Å². The Balaban J connectivity index is 2.51. The first-order valence-electron chi connectivity index (χ1n) is 5.27. The van der Waals surface area contributed by atoms with Gasteiger partial charge in [0.1, 0.15) is 0 Å². The van der Waals surface area contributed by atoms with E-state index in [1.807, 2.05) is 6.92 Å². The van der Waals surface area contributed by atoms with Crippen molar-refractivity contribution in [1.29, 1.82) is 0 Å². The Morgan fingerprint density at radius 2 is 2.38 bits per heavy atom. The second-order valence-electron chi connectivity index (χ2n) is 3.99. The number of nitrogens with one attached hydrogen (secondary N) is 1. The van der Waals surface area contributed by atoms with E-state index in [0.29, 0.717) is 12.5 Å². The molecule has 0 amide bonds. The van der Waals surface area contributed by atoms with Gasteiger partial charge in [-0.2, -0.15) is 0 Å². The van der Waals surface area contributed by atoms with Crippen molar-refractivity contribution in [2.75, 3.05) is 26.2 Å². The largest absolute Gasteiger partial charge is 0.374 e. The molecule has 0 aromatic rings. The zero-order chi connectivity index (χ0) is 9.73. The third-order valence-electron chi connectivity index (χ3n) is 3.04. The highest BCUT2D eigenvalue weighted by molar-refractivity contribution is 4.88. The van der Waals surface area contributed by atoms with Crippen LogP contribution in [-0.2, 0) is 4.74 Å². The summed E-state index contributed by atoms with van der Waals surface area (Å²) >= 11 is 0. The number of rotatable bonds is 4. The first kappa shape index (κ1) is 11.0. The van der Waals surface area contributed by atoms with Gasteiger partial charge in [-0.1, -0.05) is 0 Å². The average Bonchev–Trinajstić information content (AvgIpc) is 2.19. The lowest BCUT2D eigenvalue weighted by molar-refractivity contribution is -0.0672. The standard InChI is InChI=1S/C10H22N2O/c1-3-13-10(2,8-11)9-5-4-6-12-7-9/h9,12H,3-8,11H2,1-2H3. The highest BCUT2D eigenvalue weighted by Gasteiger charge is 2.34. The zero-order valence-electron chi connectivity index (χ0n) is 8.81. The fourth-order valence-electron chi connectivity index (χ4n) is 2.05. The molecule has 1 heterocycles. The van der Waals surface area contributed by atoms with Gasteiger partial charge in [0.25, 0.3) is 0 Å². The maximum absolute atomic E-state index is 5.77. The lowest BCUT2D eigenvalue weighted by Gasteiger charge is -2.39. The van der Waals surface area contributed by atoms with Crippen LogP contribution in [0.2, 0.25) is 0 Å². The predicted octanol–water partition coefficient (Wildman–Crippen LogP) is 0.740. The predicted molar refractivity (Wildman–Crippen MR) is 54.7 cm³/mol. The minimum absolute atomic E-state index is 0.123. The third-order valence-corrected chi connectivity index (χ3v) is 3.04. The van der Waals surface area contributed by atoms with Crippen molar-refractivity contribution in [1.82, 2.24) is 5.32 Å². The Morgan fingerprint density at radius 3 is 2.85 bits per heavy atom. The van der Waals surface area contributed by atoms with Crippen LogP contribution in [0.25, 0.3) is 0 Å². The quantitative estimate of drug-likeness (QED) is 0.681. The molecule has 0 saturated carbocycles. The van der Waals surface area contributed by atoms with Gasteiger partial charge in [0.2, 0.25) is 0 Å². The van der Waals surface area contributed by atoms with E-state index in [4.69, 9.17) is 10.5 Å². The van der Waals surface area contributed by atoms with Crippen molar-refractivity contribution in [3.8, 4) is 0 Å². The van der Waals surface area contributed by atoms with E-state index >= 15 is 0 Å². The van der Waals surface area contributed by atoms with Crippen LogP contribution in [0.4, 0.5) is 0 Å². The molecule has 13 heavy (non-hydrogen) atoms. The van der Waals surface area contributed by atoms with E-state index in [1.54, 1.807) is 0 Å². The van der Waals surface area contributed by atoms with Crippen LogP contribution in [0, 0.1) is 5.92 Å².